The fraction of sp³-hybridized carbons (Fsp3) is 0.938. The zero-order valence-electron chi connectivity index (χ0n) is 12.8. The molecule has 0 aromatic heterocycles. The average Bonchev–Trinajstić information content (AvgIpc) is 3.11. The monoisotopic (exact) mass is 279 g/mol. The minimum atomic E-state index is 0.0938. The lowest BCUT2D eigenvalue weighted by Gasteiger charge is -2.27. The van der Waals surface area contributed by atoms with Gasteiger partial charge in [-0.25, -0.2) is 0 Å². The number of fused-ring (bicyclic) bond motifs is 2. The van der Waals surface area contributed by atoms with Crippen molar-refractivity contribution in [1.29, 1.82) is 0 Å². The third-order valence-corrected chi connectivity index (χ3v) is 5.90. The summed E-state index contributed by atoms with van der Waals surface area (Å²) in [5.41, 5.74) is 6.24. The third-order valence-electron chi connectivity index (χ3n) is 5.90. The van der Waals surface area contributed by atoms with Crippen molar-refractivity contribution < 1.29 is 4.79 Å². The number of nitrogens with two attached hydrogens (primary N) is 1. The second kappa shape index (κ2) is 5.64. The minimum absolute atomic E-state index is 0.0938. The highest BCUT2D eigenvalue weighted by molar-refractivity contribution is 5.80. The molecule has 3 rings (SSSR count). The lowest BCUT2D eigenvalue weighted by molar-refractivity contribution is -0.127. The Labute approximate surface area is 122 Å². The number of nitrogens with one attached hydrogen (secondary N) is 1. The van der Waals surface area contributed by atoms with Gasteiger partial charge in [0.1, 0.15) is 0 Å². The van der Waals surface area contributed by atoms with Crippen molar-refractivity contribution in [3.63, 3.8) is 0 Å². The maximum Gasteiger partial charge on any atom is 0.224 e. The van der Waals surface area contributed by atoms with Crippen LogP contribution in [-0.2, 0) is 4.79 Å². The summed E-state index contributed by atoms with van der Waals surface area (Å²) in [6.45, 7) is 7.62. The normalized spacial score (nSPS) is 40.7. The highest BCUT2D eigenvalue weighted by Crippen LogP contribution is 2.47. The number of amides is 1. The highest BCUT2D eigenvalue weighted by Gasteiger charge is 2.49. The average molecular weight is 279 g/mol. The first-order valence-electron chi connectivity index (χ1n) is 8.33. The molecule has 5 atom stereocenters. The minimum Gasteiger partial charge on any atom is -0.355 e. The van der Waals surface area contributed by atoms with Gasteiger partial charge >= 0.3 is 0 Å². The van der Waals surface area contributed by atoms with E-state index >= 15 is 0 Å². The molecule has 1 aliphatic heterocycles. The molecule has 114 valence electrons. The van der Waals surface area contributed by atoms with Crippen LogP contribution in [0.5, 0.6) is 0 Å². The number of carbonyl (C=O) groups is 1. The fourth-order valence-electron chi connectivity index (χ4n) is 4.59. The van der Waals surface area contributed by atoms with E-state index in [1.54, 1.807) is 0 Å². The Morgan fingerprint density at radius 1 is 1.30 bits per heavy atom. The summed E-state index contributed by atoms with van der Waals surface area (Å²) in [5, 5.41) is 3.20. The zero-order chi connectivity index (χ0) is 14.3. The molecule has 0 aromatic rings. The SMILES string of the molecule is CC(C)N1CCC(CNC(=O)C2C3CCC(C3)C2N)C1. The van der Waals surface area contributed by atoms with E-state index in [9.17, 15) is 4.79 Å². The molecule has 2 bridgehead atoms. The van der Waals surface area contributed by atoms with Gasteiger partial charge in [0.2, 0.25) is 5.91 Å². The molecule has 0 spiro atoms. The van der Waals surface area contributed by atoms with Crippen LogP contribution in [0.25, 0.3) is 0 Å². The van der Waals surface area contributed by atoms with Crippen molar-refractivity contribution >= 4 is 5.91 Å². The molecular weight excluding hydrogens is 250 g/mol. The van der Waals surface area contributed by atoms with Gasteiger partial charge in [0.15, 0.2) is 0 Å². The third kappa shape index (κ3) is 2.60. The Kier molecular flexibility index (Phi) is 4.04. The van der Waals surface area contributed by atoms with Crippen molar-refractivity contribution in [1.82, 2.24) is 10.2 Å². The smallest absolute Gasteiger partial charge is 0.224 e. The number of hydrogen-bond donors (Lipinski definition) is 2. The Hall–Kier alpha value is -0.610. The number of rotatable bonds is 4. The van der Waals surface area contributed by atoms with Crippen LogP contribution in [0.3, 0.4) is 0 Å². The predicted octanol–water partition coefficient (Wildman–Crippen LogP) is 1.21. The summed E-state index contributed by atoms with van der Waals surface area (Å²) in [4.78, 5) is 14.9. The van der Waals surface area contributed by atoms with Crippen molar-refractivity contribution in [2.75, 3.05) is 19.6 Å². The summed E-state index contributed by atoms with van der Waals surface area (Å²) in [5.74, 6) is 2.12. The van der Waals surface area contributed by atoms with Crippen LogP contribution in [0.1, 0.15) is 39.5 Å². The summed E-state index contributed by atoms with van der Waals surface area (Å²) in [6.07, 6.45) is 4.84. The van der Waals surface area contributed by atoms with Gasteiger partial charge in [-0.15, -0.1) is 0 Å². The molecule has 5 unspecified atom stereocenters. The highest BCUT2D eigenvalue weighted by atomic mass is 16.1. The molecule has 4 heteroatoms. The van der Waals surface area contributed by atoms with E-state index in [1.807, 2.05) is 0 Å². The fourth-order valence-corrected chi connectivity index (χ4v) is 4.59. The molecule has 3 aliphatic rings. The number of carbonyl (C=O) groups excluding carboxylic acids is 1. The molecule has 3 fully saturated rings. The van der Waals surface area contributed by atoms with Crippen LogP contribution < -0.4 is 11.1 Å². The predicted molar refractivity (Wildman–Crippen MR) is 80.1 cm³/mol. The molecule has 3 N–H and O–H groups in total. The van der Waals surface area contributed by atoms with Gasteiger partial charge in [-0.1, -0.05) is 0 Å². The first-order chi connectivity index (χ1) is 9.56. The molecule has 1 amide bonds. The molecule has 1 heterocycles. The van der Waals surface area contributed by atoms with Crippen molar-refractivity contribution in [3.05, 3.63) is 0 Å². The van der Waals surface area contributed by atoms with Gasteiger partial charge in [-0.3, -0.25) is 4.79 Å². The van der Waals surface area contributed by atoms with Crippen LogP contribution >= 0.6 is 0 Å². The van der Waals surface area contributed by atoms with E-state index in [-0.39, 0.29) is 17.9 Å². The lowest BCUT2D eigenvalue weighted by atomic mass is 9.84. The molecule has 20 heavy (non-hydrogen) atoms. The maximum absolute atomic E-state index is 12.4. The van der Waals surface area contributed by atoms with E-state index in [1.165, 1.54) is 32.2 Å². The zero-order valence-corrected chi connectivity index (χ0v) is 12.8. The van der Waals surface area contributed by atoms with Gasteiger partial charge < -0.3 is 16.0 Å². The number of nitrogens with zero attached hydrogens (tertiary/aromatic N) is 1. The molecule has 0 aromatic carbocycles. The van der Waals surface area contributed by atoms with Gasteiger partial charge in [-0.2, -0.15) is 0 Å². The van der Waals surface area contributed by atoms with Crippen molar-refractivity contribution in [3.8, 4) is 0 Å². The first kappa shape index (κ1) is 14.3. The van der Waals surface area contributed by atoms with Crippen molar-refractivity contribution in [2.24, 2.45) is 29.4 Å². The van der Waals surface area contributed by atoms with Crippen LogP contribution in [0, 0.1) is 23.7 Å². The summed E-state index contributed by atoms with van der Waals surface area (Å²) in [7, 11) is 0. The van der Waals surface area contributed by atoms with E-state index in [4.69, 9.17) is 5.73 Å². The first-order valence-corrected chi connectivity index (χ1v) is 8.33. The Morgan fingerprint density at radius 3 is 2.65 bits per heavy atom. The van der Waals surface area contributed by atoms with Crippen LogP contribution in [0.15, 0.2) is 0 Å². The van der Waals surface area contributed by atoms with Crippen LogP contribution in [0.2, 0.25) is 0 Å². The molecule has 2 saturated carbocycles. The topological polar surface area (TPSA) is 58.4 Å². The second-order valence-corrected chi connectivity index (χ2v) is 7.42. The van der Waals surface area contributed by atoms with E-state index in [0.717, 1.165) is 13.1 Å². The van der Waals surface area contributed by atoms with Gasteiger partial charge in [-0.05, 0) is 63.8 Å². The Bertz CT molecular complexity index is 369. The van der Waals surface area contributed by atoms with Gasteiger partial charge in [0.25, 0.3) is 0 Å². The molecule has 4 nitrogen and oxygen atoms in total. The number of hydrogen-bond acceptors (Lipinski definition) is 3. The van der Waals surface area contributed by atoms with E-state index in [2.05, 4.69) is 24.1 Å². The summed E-state index contributed by atoms with van der Waals surface area (Å²) >= 11 is 0. The number of likely N-dealkylation sites (tertiary alicyclic amines) is 1. The van der Waals surface area contributed by atoms with E-state index in [0.29, 0.717) is 23.8 Å². The largest absolute Gasteiger partial charge is 0.355 e. The molecule has 0 radical (unpaired) electrons. The van der Waals surface area contributed by atoms with Crippen LogP contribution in [0.4, 0.5) is 0 Å². The summed E-state index contributed by atoms with van der Waals surface area (Å²) < 4.78 is 0. The Morgan fingerprint density at radius 2 is 2.05 bits per heavy atom. The molecule has 2 aliphatic carbocycles. The second-order valence-electron chi connectivity index (χ2n) is 7.42. The Balaban J connectivity index is 1.46. The summed E-state index contributed by atoms with van der Waals surface area (Å²) in [6, 6.07) is 0.735. The van der Waals surface area contributed by atoms with Crippen LogP contribution in [-0.4, -0.2) is 42.5 Å². The molecular formula is C16H29N3O. The standard InChI is InChI=1S/C16H29N3O/c1-10(2)19-6-5-11(9-19)8-18-16(20)14-12-3-4-13(7-12)15(14)17/h10-15H,3-9,17H2,1-2H3,(H,18,20). The van der Waals surface area contributed by atoms with E-state index < -0.39 is 0 Å². The van der Waals surface area contributed by atoms with Crippen molar-refractivity contribution in [2.45, 2.75) is 51.6 Å². The van der Waals surface area contributed by atoms with Gasteiger partial charge in [0, 0.05) is 25.2 Å². The molecule has 1 saturated heterocycles. The quantitative estimate of drug-likeness (QED) is 0.813. The lowest BCUT2D eigenvalue weighted by Crippen LogP contribution is -2.46. The maximum atomic E-state index is 12.4. The van der Waals surface area contributed by atoms with Gasteiger partial charge in [0.05, 0.1) is 5.92 Å².